The van der Waals surface area contributed by atoms with Crippen LogP contribution in [0.1, 0.15) is 6.92 Å². The van der Waals surface area contributed by atoms with E-state index in [0.717, 1.165) is 25.5 Å². The van der Waals surface area contributed by atoms with Crippen molar-refractivity contribution < 1.29 is 0 Å². The maximum absolute atomic E-state index is 4.32. The second kappa shape index (κ2) is 4.96. The van der Waals surface area contributed by atoms with Crippen molar-refractivity contribution in [2.45, 2.75) is 6.92 Å². The predicted molar refractivity (Wildman–Crippen MR) is 61.2 cm³/mol. The third-order valence-corrected chi connectivity index (χ3v) is 2.49. The van der Waals surface area contributed by atoms with Gasteiger partial charge in [0.25, 0.3) is 0 Å². The van der Waals surface area contributed by atoms with E-state index < -0.39 is 0 Å². The minimum absolute atomic E-state index is 0.429. The van der Waals surface area contributed by atoms with E-state index in [1.54, 1.807) is 6.20 Å². The van der Waals surface area contributed by atoms with Gasteiger partial charge in [-0.3, -0.25) is 0 Å². The van der Waals surface area contributed by atoms with Gasteiger partial charge in [-0.25, -0.2) is 4.99 Å². The van der Waals surface area contributed by atoms with E-state index in [9.17, 15) is 0 Å². The van der Waals surface area contributed by atoms with Crippen LogP contribution in [0.15, 0.2) is 30.6 Å². The molecule has 1 atom stereocenters. The fourth-order valence-corrected chi connectivity index (χ4v) is 1.80. The average Bonchev–Trinajstić information content (AvgIpc) is 2.28. The van der Waals surface area contributed by atoms with Crippen LogP contribution in [0.25, 0.3) is 0 Å². The van der Waals surface area contributed by atoms with Gasteiger partial charge in [-0.05, 0) is 13.2 Å². The Kier molecular flexibility index (Phi) is 3.89. The van der Waals surface area contributed by atoms with Crippen molar-refractivity contribution >= 4 is 5.84 Å². The number of aliphatic imine (C=N–C) groups is 1. The molecule has 0 saturated carbocycles. The Balaban J connectivity index is 2.88. The first kappa shape index (κ1) is 11.0. The normalized spacial score (nSPS) is 27.4. The van der Waals surface area contributed by atoms with Gasteiger partial charge in [0.15, 0.2) is 0 Å². The van der Waals surface area contributed by atoms with Crippen molar-refractivity contribution in [2.24, 2.45) is 10.9 Å². The van der Waals surface area contributed by atoms with Crippen LogP contribution >= 0.6 is 0 Å². The number of hydrogen-bond donors (Lipinski definition) is 0. The SMILES string of the molecule is C=CN=C1C(C)CN(C)CCN1C=C. The van der Waals surface area contributed by atoms with Crippen LogP contribution in [0.2, 0.25) is 0 Å². The summed E-state index contributed by atoms with van der Waals surface area (Å²) in [4.78, 5) is 8.74. The second-order valence-electron chi connectivity index (χ2n) is 3.71. The Labute approximate surface area is 86.4 Å². The molecule has 0 aromatic rings. The van der Waals surface area contributed by atoms with Crippen LogP contribution in [-0.2, 0) is 0 Å². The van der Waals surface area contributed by atoms with E-state index in [-0.39, 0.29) is 0 Å². The van der Waals surface area contributed by atoms with Gasteiger partial charge in [0.2, 0.25) is 0 Å². The van der Waals surface area contributed by atoms with Gasteiger partial charge in [-0.15, -0.1) is 0 Å². The Morgan fingerprint density at radius 1 is 1.43 bits per heavy atom. The monoisotopic (exact) mass is 193 g/mol. The Morgan fingerprint density at radius 3 is 2.71 bits per heavy atom. The third kappa shape index (κ3) is 2.45. The molecule has 0 spiro atoms. The van der Waals surface area contributed by atoms with Crippen LogP contribution < -0.4 is 0 Å². The van der Waals surface area contributed by atoms with Crippen LogP contribution in [0.3, 0.4) is 0 Å². The molecule has 0 aromatic heterocycles. The highest BCUT2D eigenvalue weighted by Crippen LogP contribution is 2.11. The molecule has 3 heteroatoms. The average molecular weight is 193 g/mol. The van der Waals surface area contributed by atoms with Gasteiger partial charge in [-0.1, -0.05) is 20.1 Å². The van der Waals surface area contributed by atoms with Gasteiger partial charge < -0.3 is 9.80 Å². The van der Waals surface area contributed by atoms with Crippen LogP contribution in [0, 0.1) is 5.92 Å². The molecule has 3 nitrogen and oxygen atoms in total. The molecule has 0 bridgehead atoms. The van der Waals surface area contributed by atoms with Gasteiger partial charge in [0.1, 0.15) is 5.84 Å². The molecule has 0 amide bonds. The summed E-state index contributed by atoms with van der Waals surface area (Å²) >= 11 is 0. The summed E-state index contributed by atoms with van der Waals surface area (Å²) in [7, 11) is 2.13. The zero-order valence-electron chi connectivity index (χ0n) is 9.11. The number of likely N-dealkylation sites (N-methyl/N-ethyl adjacent to an activating group) is 1. The number of amidine groups is 1. The zero-order valence-corrected chi connectivity index (χ0v) is 9.11. The highest BCUT2D eigenvalue weighted by molar-refractivity contribution is 5.86. The summed E-state index contributed by atoms with van der Waals surface area (Å²) in [5.74, 6) is 1.50. The third-order valence-electron chi connectivity index (χ3n) is 2.49. The zero-order chi connectivity index (χ0) is 10.6. The minimum Gasteiger partial charge on any atom is -0.336 e. The molecule has 1 aliphatic rings. The lowest BCUT2D eigenvalue weighted by Gasteiger charge is -2.21. The smallest absolute Gasteiger partial charge is 0.112 e. The molecule has 1 rings (SSSR count). The standard InChI is InChI=1S/C11H19N3/c1-5-12-11-10(3)9-13(4)7-8-14(11)6-2/h5-6,10H,1-2,7-9H2,3-4H3. The molecular weight excluding hydrogens is 174 g/mol. The lowest BCUT2D eigenvalue weighted by atomic mass is 10.1. The minimum atomic E-state index is 0.429. The van der Waals surface area contributed by atoms with E-state index >= 15 is 0 Å². The molecule has 78 valence electrons. The van der Waals surface area contributed by atoms with Crippen molar-refractivity contribution in [2.75, 3.05) is 26.7 Å². The Hall–Kier alpha value is -1.09. The van der Waals surface area contributed by atoms with Crippen molar-refractivity contribution in [3.8, 4) is 0 Å². The molecule has 0 aromatic carbocycles. The fraction of sp³-hybridized carbons (Fsp3) is 0.545. The topological polar surface area (TPSA) is 18.8 Å². The van der Waals surface area contributed by atoms with Gasteiger partial charge >= 0.3 is 0 Å². The van der Waals surface area contributed by atoms with Crippen LogP contribution in [0.4, 0.5) is 0 Å². The van der Waals surface area contributed by atoms with Gasteiger partial charge in [-0.2, -0.15) is 0 Å². The van der Waals surface area contributed by atoms with Gasteiger partial charge in [0, 0.05) is 31.8 Å². The van der Waals surface area contributed by atoms with Crippen molar-refractivity contribution in [1.29, 1.82) is 0 Å². The van der Waals surface area contributed by atoms with E-state index in [4.69, 9.17) is 0 Å². The number of rotatable bonds is 2. The largest absolute Gasteiger partial charge is 0.336 e. The quantitative estimate of drug-likeness (QED) is 0.662. The highest BCUT2D eigenvalue weighted by Gasteiger charge is 2.21. The van der Waals surface area contributed by atoms with Crippen molar-refractivity contribution in [3.05, 3.63) is 25.6 Å². The first-order valence-electron chi connectivity index (χ1n) is 4.95. The van der Waals surface area contributed by atoms with Crippen molar-refractivity contribution in [3.63, 3.8) is 0 Å². The molecule has 1 saturated heterocycles. The van der Waals surface area contributed by atoms with E-state index in [1.165, 1.54) is 0 Å². The fourth-order valence-electron chi connectivity index (χ4n) is 1.80. The number of hydrogen-bond acceptors (Lipinski definition) is 2. The van der Waals surface area contributed by atoms with Crippen LogP contribution in [0.5, 0.6) is 0 Å². The maximum Gasteiger partial charge on any atom is 0.112 e. The second-order valence-corrected chi connectivity index (χ2v) is 3.71. The summed E-state index contributed by atoms with van der Waals surface area (Å²) < 4.78 is 0. The Morgan fingerprint density at radius 2 is 2.14 bits per heavy atom. The van der Waals surface area contributed by atoms with Crippen molar-refractivity contribution in [1.82, 2.24) is 9.80 Å². The molecule has 0 N–H and O–H groups in total. The Bertz CT molecular complexity index is 245. The molecule has 0 radical (unpaired) electrons. The lowest BCUT2D eigenvalue weighted by molar-refractivity contribution is 0.324. The van der Waals surface area contributed by atoms with E-state index in [0.29, 0.717) is 5.92 Å². The molecule has 1 aliphatic heterocycles. The summed E-state index contributed by atoms with van der Waals surface area (Å²) in [5, 5.41) is 0. The molecule has 0 aliphatic carbocycles. The molecular formula is C11H19N3. The molecule has 1 unspecified atom stereocenters. The summed E-state index contributed by atoms with van der Waals surface area (Å²) in [6.45, 7) is 12.7. The summed E-state index contributed by atoms with van der Waals surface area (Å²) in [6, 6.07) is 0. The lowest BCUT2D eigenvalue weighted by Crippen LogP contribution is -2.30. The molecule has 1 fully saturated rings. The molecule has 14 heavy (non-hydrogen) atoms. The van der Waals surface area contributed by atoms with E-state index in [1.807, 2.05) is 6.20 Å². The number of nitrogens with zero attached hydrogens (tertiary/aromatic N) is 3. The predicted octanol–water partition coefficient (Wildman–Crippen LogP) is 1.56. The first-order chi connectivity index (χ1) is 6.69. The van der Waals surface area contributed by atoms with Gasteiger partial charge in [0.05, 0.1) is 0 Å². The van der Waals surface area contributed by atoms with E-state index in [2.05, 4.69) is 41.9 Å². The maximum atomic E-state index is 4.32. The highest BCUT2D eigenvalue weighted by atomic mass is 15.2. The molecule has 1 heterocycles. The summed E-state index contributed by atoms with van der Waals surface area (Å²) in [6.07, 6.45) is 3.45. The van der Waals surface area contributed by atoms with Crippen LogP contribution in [-0.4, -0.2) is 42.3 Å². The first-order valence-corrected chi connectivity index (χ1v) is 4.95. The summed E-state index contributed by atoms with van der Waals surface area (Å²) in [5.41, 5.74) is 0.